The normalized spacial score (nSPS) is 20.7. The predicted octanol–water partition coefficient (Wildman–Crippen LogP) is 1.95. The molecule has 0 bridgehead atoms. The monoisotopic (exact) mass is 93.1 g/mol. The molecule has 0 heteroatoms. The number of hydrogen-bond acceptors (Lipinski definition) is 0. The van der Waals surface area contributed by atoms with E-state index in [1.807, 2.05) is 0 Å². The second-order valence-electron chi connectivity index (χ2n) is 1.76. The number of rotatable bonds is 0. The minimum atomic E-state index is 0.425. The largest absolute Gasteiger partial charge is 0.0842 e. The molecule has 0 aromatic rings. The average molecular weight is 93.1 g/mol. The van der Waals surface area contributed by atoms with Gasteiger partial charge in [0.1, 0.15) is 0 Å². The maximum Gasteiger partial charge on any atom is -0.00530 e. The molecule has 0 heterocycles. The Morgan fingerprint density at radius 3 is 2.14 bits per heavy atom. The van der Waals surface area contributed by atoms with Gasteiger partial charge in [-0.3, -0.25) is 0 Å². The maximum absolute atomic E-state index is 3.82. The van der Waals surface area contributed by atoms with Crippen LogP contribution in [0.4, 0.5) is 0 Å². The van der Waals surface area contributed by atoms with Crippen LogP contribution in [0.2, 0.25) is 0 Å². The van der Waals surface area contributed by atoms with Crippen molar-refractivity contribution in [2.75, 3.05) is 0 Å². The van der Waals surface area contributed by atoms with Crippen molar-refractivity contribution in [2.24, 2.45) is 5.92 Å². The molecule has 37 valence electrons. The Balaban J connectivity index is 2.49. The average Bonchev–Trinajstić information content (AvgIpc) is 1.69. The van der Waals surface area contributed by atoms with E-state index in [9.17, 15) is 0 Å². The molecule has 0 aromatic heterocycles. The lowest BCUT2D eigenvalue weighted by molar-refractivity contribution is 1.02. The van der Waals surface area contributed by atoms with E-state index in [4.69, 9.17) is 0 Å². The number of hydrogen-bond donors (Lipinski definition) is 0. The zero-order valence-corrected chi connectivity index (χ0v) is 4.30. The zero-order chi connectivity index (χ0) is 5.11. The molecule has 0 N–H and O–H groups in total. The summed E-state index contributed by atoms with van der Waals surface area (Å²) >= 11 is 0. The molecular weight excluding hydrogens is 84.1 g/mol. The summed E-state index contributed by atoms with van der Waals surface area (Å²) in [4.78, 5) is 0. The highest BCUT2D eigenvalue weighted by Crippen LogP contribution is 2.05. The first-order chi connectivity index (χ1) is 3.39. The molecule has 1 aliphatic rings. The van der Waals surface area contributed by atoms with Gasteiger partial charge in [0.25, 0.3) is 0 Å². The highest BCUT2D eigenvalue weighted by atomic mass is 14.0. The second kappa shape index (κ2) is 1.97. The van der Waals surface area contributed by atoms with Crippen molar-refractivity contribution in [3.05, 3.63) is 31.2 Å². The standard InChI is InChI=1S/C7H9/c1-7-5-3-2-4-6-7/h3-7H,1-2H2. The molecule has 0 aliphatic heterocycles. The van der Waals surface area contributed by atoms with Crippen molar-refractivity contribution < 1.29 is 0 Å². The highest BCUT2D eigenvalue weighted by Gasteiger charge is 1.90. The Kier molecular flexibility index (Phi) is 1.30. The van der Waals surface area contributed by atoms with E-state index < -0.39 is 0 Å². The Labute approximate surface area is 44.5 Å². The molecule has 0 spiro atoms. The predicted molar refractivity (Wildman–Crippen MR) is 31.7 cm³/mol. The molecule has 0 aromatic carbocycles. The van der Waals surface area contributed by atoms with Gasteiger partial charge in [-0.05, 0) is 19.3 Å². The Bertz CT molecular complexity index is 86.6. The fraction of sp³-hybridized carbons (Fsp3) is 0.286. The molecule has 0 amide bonds. The van der Waals surface area contributed by atoms with Crippen LogP contribution in [0.3, 0.4) is 0 Å². The van der Waals surface area contributed by atoms with Crippen LogP contribution < -0.4 is 0 Å². The molecule has 1 aliphatic carbocycles. The van der Waals surface area contributed by atoms with Gasteiger partial charge in [-0.25, -0.2) is 0 Å². The maximum atomic E-state index is 3.82. The van der Waals surface area contributed by atoms with Crippen molar-refractivity contribution in [1.82, 2.24) is 0 Å². The number of allylic oxidation sites excluding steroid dienone is 4. The molecule has 0 nitrogen and oxygen atoms in total. The third-order valence-corrected chi connectivity index (χ3v) is 1.04. The van der Waals surface area contributed by atoms with Crippen molar-refractivity contribution in [3.63, 3.8) is 0 Å². The van der Waals surface area contributed by atoms with E-state index in [2.05, 4.69) is 31.2 Å². The minimum absolute atomic E-state index is 0.425. The second-order valence-corrected chi connectivity index (χ2v) is 1.76. The quantitative estimate of drug-likeness (QED) is 0.401. The van der Waals surface area contributed by atoms with Crippen molar-refractivity contribution in [3.8, 4) is 0 Å². The van der Waals surface area contributed by atoms with Crippen LogP contribution in [0.25, 0.3) is 0 Å². The minimum Gasteiger partial charge on any atom is -0.0842 e. The molecule has 0 saturated carbocycles. The van der Waals surface area contributed by atoms with E-state index in [1.54, 1.807) is 0 Å². The molecule has 0 unspecified atom stereocenters. The zero-order valence-electron chi connectivity index (χ0n) is 4.30. The van der Waals surface area contributed by atoms with Gasteiger partial charge in [0, 0.05) is 0 Å². The molecule has 0 atom stereocenters. The fourth-order valence-electron chi connectivity index (χ4n) is 0.649. The summed E-state index contributed by atoms with van der Waals surface area (Å²) in [5.74, 6) is 0.425. The van der Waals surface area contributed by atoms with Crippen LogP contribution in [0.15, 0.2) is 24.3 Å². The third-order valence-electron chi connectivity index (χ3n) is 1.04. The van der Waals surface area contributed by atoms with Gasteiger partial charge in [0.2, 0.25) is 0 Å². The van der Waals surface area contributed by atoms with E-state index in [-0.39, 0.29) is 0 Å². The first-order valence-electron chi connectivity index (χ1n) is 2.56. The van der Waals surface area contributed by atoms with Crippen LogP contribution >= 0.6 is 0 Å². The van der Waals surface area contributed by atoms with Crippen LogP contribution in [0.1, 0.15) is 6.42 Å². The summed E-state index contributed by atoms with van der Waals surface area (Å²) in [5, 5.41) is 0. The summed E-state index contributed by atoms with van der Waals surface area (Å²) in [5.41, 5.74) is 0. The topological polar surface area (TPSA) is 0 Å². The van der Waals surface area contributed by atoms with Gasteiger partial charge in [-0.15, -0.1) is 0 Å². The van der Waals surface area contributed by atoms with Gasteiger partial charge in [0.05, 0.1) is 0 Å². The molecule has 0 saturated heterocycles. The third kappa shape index (κ3) is 1.19. The Hall–Kier alpha value is -0.520. The molecule has 7 heavy (non-hydrogen) atoms. The lowest BCUT2D eigenvalue weighted by atomic mass is 10.1. The van der Waals surface area contributed by atoms with E-state index in [0.29, 0.717) is 5.92 Å². The molecular formula is C7H9. The van der Waals surface area contributed by atoms with Gasteiger partial charge in [-0.2, -0.15) is 0 Å². The lowest BCUT2D eigenvalue weighted by Gasteiger charge is -1.99. The van der Waals surface area contributed by atoms with Gasteiger partial charge in [-0.1, -0.05) is 24.3 Å². The summed E-state index contributed by atoms with van der Waals surface area (Å²) in [6, 6.07) is 0. The van der Waals surface area contributed by atoms with Gasteiger partial charge < -0.3 is 0 Å². The van der Waals surface area contributed by atoms with Crippen molar-refractivity contribution in [2.45, 2.75) is 6.42 Å². The van der Waals surface area contributed by atoms with Crippen molar-refractivity contribution in [1.29, 1.82) is 0 Å². The summed E-state index contributed by atoms with van der Waals surface area (Å²) < 4.78 is 0. The summed E-state index contributed by atoms with van der Waals surface area (Å²) in [6.07, 6.45) is 9.58. The van der Waals surface area contributed by atoms with Gasteiger partial charge in [0.15, 0.2) is 0 Å². The molecule has 1 radical (unpaired) electrons. The SMILES string of the molecule is [CH2]C1C=CCC=C1. The lowest BCUT2D eigenvalue weighted by Crippen LogP contribution is -1.85. The van der Waals surface area contributed by atoms with Crippen molar-refractivity contribution >= 4 is 0 Å². The van der Waals surface area contributed by atoms with E-state index in [0.717, 1.165) is 6.42 Å². The molecule has 0 fully saturated rings. The van der Waals surface area contributed by atoms with E-state index >= 15 is 0 Å². The van der Waals surface area contributed by atoms with Gasteiger partial charge >= 0.3 is 0 Å². The summed E-state index contributed by atoms with van der Waals surface area (Å²) in [6.45, 7) is 3.82. The fourth-order valence-corrected chi connectivity index (χ4v) is 0.649. The van der Waals surface area contributed by atoms with Crippen LogP contribution in [0.5, 0.6) is 0 Å². The Morgan fingerprint density at radius 1 is 1.29 bits per heavy atom. The summed E-state index contributed by atoms with van der Waals surface area (Å²) in [7, 11) is 0. The molecule has 1 rings (SSSR count). The smallest absolute Gasteiger partial charge is 0.00530 e. The van der Waals surface area contributed by atoms with E-state index in [1.165, 1.54) is 0 Å². The Morgan fingerprint density at radius 2 is 1.86 bits per heavy atom. The van der Waals surface area contributed by atoms with Crippen LogP contribution in [0, 0.1) is 12.8 Å². The first kappa shape index (κ1) is 4.63. The van der Waals surface area contributed by atoms with Crippen LogP contribution in [-0.2, 0) is 0 Å². The highest BCUT2D eigenvalue weighted by molar-refractivity contribution is 5.09. The van der Waals surface area contributed by atoms with Crippen LogP contribution in [-0.4, -0.2) is 0 Å². The first-order valence-corrected chi connectivity index (χ1v) is 2.56.